The normalized spacial score (nSPS) is 37.5. The Morgan fingerprint density at radius 3 is 2.65 bits per heavy atom. The first kappa shape index (κ1) is 13.4. The van der Waals surface area contributed by atoms with Crippen molar-refractivity contribution in [3.8, 4) is 0 Å². The van der Waals surface area contributed by atoms with Crippen LogP contribution in [-0.2, 0) is 4.79 Å². The maximum Gasteiger partial charge on any atom is 0.223 e. The third-order valence-corrected chi connectivity index (χ3v) is 5.18. The van der Waals surface area contributed by atoms with Crippen LogP contribution in [0.1, 0.15) is 46.5 Å². The number of nitrogens with zero attached hydrogens (tertiary/aromatic N) is 1. The molecule has 3 unspecified atom stereocenters. The first-order valence-corrected chi connectivity index (χ1v) is 7.89. The minimum Gasteiger partial charge on any atom is -0.339 e. The Labute approximate surface area is 113 Å². The van der Waals surface area contributed by atoms with Gasteiger partial charge in [-0.05, 0) is 36.5 Å². The molecule has 0 radical (unpaired) electrons. The highest BCUT2D eigenvalue weighted by atomic mass is 79.9. The summed E-state index contributed by atoms with van der Waals surface area (Å²) < 4.78 is 0. The number of halogens is 1. The Morgan fingerprint density at radius 2 is 2.12 bits per heavy atom. The molecule has 2 fully saturated rings. The first-order chi connectivity index (χ1) is 7.91. The van der Waals surface area contributed by atoms with Gasteiger partial charge in [-0.2, -0.15) is 0 Å². The fourth-order valence-corrected chi connectivity index (χ4v) is 4.23. The zero-order valence-electron chi connectivity index (χ0n) is 11.2. The van der Waals surface area contributed by atoms with Crippen molar-refractivity contribution < 1.29 is 4.79 Å². The van der Waals surface area contributed by atoms with E-state index in [2.05, 4.69) is 41.6 Å². The molecule has 3 atom stereocenters. The van der Waals surface area contributed by atoms with Gasteiger partial charge in [-0.25, -0.2) is 0 Å². The second-order valence-electron chi connectivity index (χ2n) is 6.84. The standard InChI is InChI=1S/C14H24BrNO/c1-10-4-12(7-14(2,3)6-10)16-9-11(8-15)5-13(16)17/h10-12H,4-9H2,1-3H3. The molecule has 2 rings (SSSR count). The van der Waals surface area contributed by atoms with Crippen LogP contribution in [0, 0.1) is 17.3 Å². The molecule has 1 saturated carbocycles. The molecule has 1 aliphatic carbocycles. The van der Waals surface area contributed by atoms with Crippen molar-refractivity contribution in [2.24, 2.45) is 17.3 Å². The predicted octanol–water partition coefficient (Wildman–Crippen LogP) is 3.44. The maximum atomic E-state index is 12.1. The van der Waals surface area contributed by atoms with Crippen molar-refractivity contribution in [3.63, 3.8) is 0 Å². The number of likely N-dealkylation sites (tertiary alicyclic amines) is 1. The predicted molar refractivity (Wildman–Crippen MR) is 74.2 cm³/mol. The number of hydrogen-bond donors (Lipinski definition) is 0. The lowest BCUT2D eigenvalue weighted by Gasteiger charge is -2.42. The topological polar surface area (TPSA) is 20.3 Å². The van der Waals surface area contributed by atoms with Crippen molar-refractivity contribution in [3.05, 3.63) is 0 Å². The third kappa shape index (κ3) is 3.04. The van der Waals surface area contributed by atoms with Crippen molar-refractivity contribution in [2.75, 3.05) is 11.9 Å². The Morgan fingerprint density at radius 1 is 1.41 bits per heavy atom. The number of carbonyl (C=O) groups is 1. The van der Waals surface area contributed by atoms with Crippen LogP contribution in [0.15, 0.2) is 0 Å². The molecule has 17 heavy (non-hydrogen) atoms. The van der Waals surface area contributed by atoms with Gasteiger partial charge in [-0.1, -0.05) is 36.7 Å². The van der Waals surface area contributed by atoms with Crippen LogP contribution >= 0.6 is 15.9 Å². The van der Waals surface area contributed by atoms with Gasteiger partial charge in [-0.3, -0.25) is 4.79 Å². The van der Waals surface area contributed by atoms with Gasteiger partial charge in [0.1, 0.15) is 0 Å². The van der Waals surface area contributed by atoms with E-state index in [1.165, 1.54) is 19.3 Å². The zero-order chi connectivity index (χ0) is 12.6. The molecule has 0 aromatic carbocycles. The van der Waals surface area contributed by atoms with Gasteiger partial charge in [0, 0.05) is 24.3 Å². The van der Waals surface area contributed by atoms with Crippen LogP contribution in [0.3, 0.4) is 0 Å². The molecule has 0 spiro atoms. The monoisotopic (exact) mass is 301 g/mol. The van der Waals surface area contributed by atoms with Gasteiger partial charge in [0.05, 0.1) is 0 Å². The van der Waals surface area contributed by atoms with E-state index in [4.69, 9.17) is 0 Å². The van der Waals surface area contributed by atoms with Crippen LogP contribution in [-0.4, -0.2) is 28.7 Å². The van der Waals surface area contributed by atoms with E-state index in [0.717, 1.165) is 24.2 Å². The number of rotatable bonds is 2. The van der Waals surface area contributed by atoms with E-state index in [0.29, 0.717) is 23.3 Å². The summed E-state index contributed by atoms with van der Waals surface area (Å²) in [5, 5.41) is 0.959. The zero-order valence-corrected chi connectivity index (χ0v) is 12.8. The molecule has 3 heteroatoms. The average Bonchev–Trinajstić information content (AvgIpc) is 2.56. The quantitative estimate of drug-likeness (QED) is 0.716. The van der Waals surface area contributed by atoms with Gasteiger partial charge in [0.2, 0.25) is 5.91 Å². The number of alkyl halides is 1. The van der Waals surface area contributed by atoms with Gasteiger partial charge >= 0.3 is 0 Å². The Kier molecular flexibility index (Phi) is 3.86. The molecular formula is C14H24BrNO. The molecule has 1 aliphatic heterocycles. The molecule has 2 aliphatic rings. The van der Waals surface area contributed by atoms with Gasteiger partial charge in [0.25, 0.3) is 0 Å². The lowest BCUT2D eigenvalue weighted by atomic mass is 9.70. The lowest BCUT2D eigenvalue weighted by molar-refractivity contribution is -0.131. The Hall–Kier alpha value is -0.0500. The average molecular weight is 302 g/mol. The molecule has 0 bridgehead atoms. The molecule has 0 aromatic heterocycles. The van der Waals surface area contributed by atoms with Crippen LogP contribution in [0.4, 0.5) is 0 Å². The van der Waals surface area contributed by atoms with Gasteiger partial charge in [-0.15, -0.1) is 0 Å². The maximum absolute atomic E-state index is 12.1. The summed E-state index contributed by atoms with van der Waals surface area (Å²) in [5.41, 5.74) is 0.398. The number of amides is 1. The van der Waals surface area contributed by atoms with E-state index < -0.39 is 0 Å². The smallest absolute Gasteiger partial charge is 0.223 e. The Balaban J connectivity index is 2.04. The lowest BCUT2D eigenvalue weighted by Crippen LogP contribution is -2.44. The highest BCUT2D eigenvalue weighted by Gasteiger charge is 2.40. The highest BCUT2D eigenvalue weighted by Crippen LogP contribution is 2.41. The summed E-state index contributed by atoms with van der Waals surface area (Å²) in [7, 11) is 0. The molecule has 1 heterocycles. The molecule has 0 aromatic rings. The van der Waals surface area contributed by atoms with Crippen LogP contribution in [0.25, 0.3) is 0 Å². The molecule has 1 amide bonds. The summed E-state index contributed by atoms with van der Waals surface area (Å²) >= 11 is 3.51. The molecule has 98 valence electrons. The first-order valence-electron chi connectivity index (χ1n) is 6.77. The molecule has 2 nitrogen and oxygen atoms in total. The van der Waals surface area contributed by atoms with Crippen molar-refractivity contribution in [1.29, 1.82) is 0 Å². The third-order valence-electron chi connectivity index (χ3n) is 4.26. The largest absolute Gasteiger partial charge is 0.339 e. The Bertz CT molecular complexity index is 303. The van der Waals surface area contributed by atoms with Crippen molar-refractivity contribution >= 4 is 21.8 Å². The summed E-state index contributed by atoms with van der Waals surface area (Å²) in [6, 6.07) is 0.491. The van der Waals surface area contributed by atoms with Gasteiger partial charge < -0.3 is 4.90 Å². The van der Waals surface area contributed by atoms with Crippen LogP contribution in [0.2, 0.25) is 0 Å². The summed E-state index contributed by atoms with van der Waals surface area (Å²) in [6.07, 6.45) is 4.42. The minimum atomic E-state index is 0.379. The molecule has 1 saturated heterocycles. The number of hydrogen-bond acceptors (Lipinski definition) is 1. The van der Waals surface area contributed by atoms with Crippen molar-refractivity contribution in [1.82, 2.24) is 4.90 Å². The van der Waals surface area contributed by atoms with E-state index in [-0.39, 0.29) is 0 Å². The second-order valence-corrected chi connectivity index (χ2v) is 7.49. The summed E-state index contributed by atoms with van der Waals surface area (Å²) in [6.45, 7) is 7.99. The van der Waals surface area contributed by atoms with E-state index in [1.54, 1.807) is 0 Å². The minimum absolute atomic E-state index is 0.379. The SMILES string of the molecule is CC1CC(N2CC(CBr)CC2=O)CC(C)(C)C1. The van der Waals surface area contributed by atoms with Crippen LogP contribution in [0.5, 0.6) is 0 Å². The molecular weight excluding hydrogens is 278 g/mol. The molecule has 0 N–H and O–H groups in total. The van der Waals surface area contributed by atoms with Crippen LogP contribution < -0.4 is 0 Å². The number of carbonyl (C=O) groups excluding carboxylic acids is 1. The van der Waals surface area contributed by atoms with E-state index >= 15 is 0 Å². The highest BCUT2D eigenvalue weighted by molar-refractivity contribution is 9.09. The van der Waals surface area contributed by atoms with Gasteiger partial charge in [0.15, 0.2) is 0 Å². The summed E-state index contributed by atoms with van der Waals surface area (Å²) in [5.74, 6) is 1.66. The van der Waals surface area contributed by atoms with Crippen molar-refractivity contribution in [2.45, 2.75) is 52.5 Å². The summed E-state index contributed by atoms with van der Waals surface area (Å²) in [4.78, 5) is 14.2. The van der Waals surface area contributed by atoms with E-state index in [9.17, 15) is 4.79 Å². The fourth-order valence-electron chi connectivity index (χ4n) is 3.80. The van der Waals surface area contributed by atoms with E-state index in [1.807, 2.05) is 0 Å². The fraction of sp³-hybridized carbons (Fsp3) is 0.929. The second kappa shape index (κ2) is 4.91.